The molecule has 0 unspecified atom stereocenters. The first kappa shape index (κ1) is 22.8. The second kappa shape index (κ2) is 12.7. The Kier molecular flexibility index (Phi) is 9.37. The third-order valence-electron chi connectivity index (χ3n) is 5.18. The van der Waals surface area contributed by atoms with Crippen molar-refractivity contribution in [3.05, 3.63) is 48.3 Å². The molecule has 1 aromatic carbocycles. The van der Waals surface area contributed by atoms with Crippen LogP contribution in [0.2, 0.25) is 0 Å². The second-order valence-electron chi connectivity index (χ2n) is 7.39. The van der Waals surface area contributed by atoms with Crippen LogP contribution < -0.4 is 20.3 Å². The number of aromatic nitrogens is 2. The minimum Gasteiger partial charge on any atom is -0.494 e. The quantitative estimate of drug-likeness (QED) is 0.343. The highest BCUT2D eigenvalue weighted by molar-refractivity contribution is 5.79. The fourth-order valence-corrected chi connectivity index (χ4v) is 3.57. The molecule has 1 fully saturated rings. The Morgan fingerprint density at radius 1 is 1.03 bits per heavy atom. The Morgan fingerprint density at radius 3 is 2.55 bits per heavy atom. The summed E-state index contributed by atoms with van der Waals surface area (Å²) in [6, 6.07) is 9.94. The van der Waals surface area contributed by atoms with Crippen LogP contribution in [0.25, 0.3) is 0 Å². The van der Waals surface area contributed by atoms with E-state index in [-0.39, 0.29) is 0 Å². The summed E-state index contributed by atoms with van der Waals surface area (Å²) < 4.78 is 5.70. The Morgan fingerprint density at radius 2 is 1.81 bits per heavy atom. The molecular weight excluding hydrogens is 390 g/mol. The van der Waals surface area contributed by atoms with Crippen molar-refractivity contribution < 1.29 is 4.74 Å². The average molecular weight is 426 g/mol. The molecule has 8 nitrogen and oxygen atoms in total. The summed E-state index contributed by atoms with van der Waals surface area (Å²) in [5, 5.41) is 6.79. The highest BCUT2D eigenvalue weighted by Crippen LogP contribution is 2.18. The molecule has 0 bridgehead atoms. The van der Waals surface area contributed by atoms with Crippen LogP contribution in [0.15, 0.2) is 47.7 Å². The predicted octanol–water partition coefficient (Wildman–Crippen LogP) is 2.14. The highest BCUT2D eigenvalue weighted by atomic mass is 16.5. The SMILES string of the molecule is CCNC(=NCc1ccccc1OCC)NCCCN1CCN(c2ncccn2)CC1. The van der Waals surface area contributed by atoms with Gasteiger partial charge in [-0.2, -0.15) is 0 Å². The topological polar surface area (TPSA) is 77.9 Å². The van der Waals surface area contributed by atoms with E-state index in [4.69, 9.17) is 9.73 Å². The van der Waals surface area contributed by atoms with E-state index in [1.165, 1.54) is 0 Å². The number of hydrogen-bond donors (Lipinski definition) is 2. The number of guanidine groups is 1. The fourth-order valence-electron chi connectivity index (χ4n) is 3.57. The monoisotopic (exact) mass is 425 g/mol. The van der Waals surface area contributed by atoms with Crippen molar-refractivity contribution >= 4 is 11.9 Å². The number of piperazine rings is 1. The molecule has 0 spiro atoms. The van der Waals surface area contributed by atoms with Gasteiger partial charge in [-0.1, -0.05) is 18.2 Å². The lowest BCUT2D eigenvalue weighted by molar-refractivity contribution is 0.254. The minimum atomic E-state index is 0.592. The standard InChI is InChI=1S/C23H35N7O/c1-3-24-22(28-19-20-9-5-6-10-21(20)31-4-2)25-13-8-14-29-15-17-30(18-16-29)23-26-11-7-12-27-23/h5-7,9-12H,3-4,8,13-19H2,1-2H3,(H2,24,25,28). The van der Waals surface area contributed by atoms with Gasteiger partial charge in [0.25, 0.3) is 0 Å². The number of nitrogens with zero attached hydrogens (tertiary/aromatic N) is 5. The van der Waals surface area contributed by atoms with Gasteiger partial charge in [-0.3, -0.25) is 4.90 Å². The highest BCUT2D eigenvalue weighted by Gasteiger charge is 2.18. The lowest BCUT2D eigenvalue weighted by Crippen LogP contribution is -2.47. The summed E-state index contributed by atoms with van der Waals surface area (Å²) in [5.41, 5.74) is 1.10. The zero-order chi connectivity index (χ0) is 21.7. The van der Waals surface area contributed by atoms with E-state index in [1.54, 1.807) is 12.4 Å². The first-order valence-electron chi connectivity index (χ1n) is 11.3. The van der Waals surface area contributed by atoms with Gasteiger partial charge in [0.05, 0.1) is 13.2 Å². The molecule has 168 valence electrons. The van der Waals surface area contributed by atoms with E-state index in [2.05, 4.69) is 43.4 Å². The summed E-state index contributed by atoms with van der Waals surface area (Å²) >= 11 is 0. The van der Waals surface area contributed by atoms with Crippen LogP contribution in [0.3, 0.4) is 0 Å². The van der Waals surface area contributed by atoms with Crippen LogP contribution in [0, 0.1) is 0 Å². The van der Waals surface area contributed by atoms with Crippen molar-refractivity contribution in [2.75, 3.05) is 57.3 Å². The zero-order valence-electron chi connectivity index (χ0n) is 18.8. The zero-order valence-corrected chi connectivity index (χ0v) is 18.8. The Balaban J connectivity index is 1.39. The number of rotatable bonds is 10. The Labute approximate surface area is 185 Å². The summed E-state index contributed by atoms with van der Waals surface area (Å²) in [6.45, 7) is 12.2. The molecule has 2 aromatic rings. The van der Waals surface area contributed by atoms with Crippen LogP contribution in [-0.2, 0) is 6.54 Å². The van der Waals surface area contributed by atoms with E-state index in [0.717, 1.165) is 75.5 Å². The molecule has 0 saturated carbocycles. The van der Waals surface area contributed by atoms with E-state index in [0.29, 0.717) is 13.2 Å². The molecule has 2 N–H and O–H groups in total. The summed E-state index contributed by atoms with van der Waals surface area (Å²) in [7, 11) is 0. The lowest BCUT2D eigenvalue weighted by atomic mass is 10.2. The molecule has 0 atom stereocenters. The van der Waals surface area contributed by atoms with E-state index in [1.807, 2.05) is 31.2 Å². The molecule has 1 aromatic heterocycles. The number of ether oxygens (including phenoxy) is 1. The average Bonchev–Trinajstić information content (AvgIpc) is 2.82. The van der Waals surface area contributed by atoms with Gasteiger partial charge < -0.3 is 20.3 Å². The maximum Gasteiger partial charge on any atom is 0.225 e. The molecule has 1 aliphatic rings. The van der Waals surface area contributed by atoms with E-state index >= 15 is 0 Å². The van der Waals surface area contributed by atoms with Crippen LogP contribution >= 0.6 is 0 Å². The van der Waals surface area contributed by atoms with Gasteiger partial charge in [0.15, 0.2) is 5.96 Å². The smallest absolute Gasteiger partial charge is 0.225 e. The van der Waals surface area contributed by atoms with E-state index in [9.17, 15) is 0 Å². The first-order chi connectivity index (χ1) is 15.3. The van der Waals surface area contributed by atoms with Gasteiger partial charge in [0.1, 0.15) is 5.75 Å². The number of anilines is 1. The predicted molar refractivity (Wildman–Crippen MR) is 126 cm³/mol. The summed E-state index contributed by atoms with van der Waals surface area (Å²) in [4.78, 5) is 18.2. The fraction of sp³-hybridized carbons (Fsp3) is 0.522. The number of benzene rings is 1. The van der Waals surface area contributed by atoms with Gasteiger partial charge in [-0.05, 0) is 38.9 Å². The summed E-state index contributed by atoms with van der Waals surface area (Å²) in [5.74, 6) is 2.59. The van der Waals surface area contributed by atoms with Crippen molar-refractivity contribution in [2.24, 2.45) is 4.99 Å². The molecular formula is C23H35N7O. The normalized spacial score (nSPS) is 15.0. The number of hydrogen-bond acceptors (Lipinski definition) is 6. The van der Waals surface area contributed by atoms with Crippen molar-refractivity contribution in [3.63, 3.8) is 0 Å². The third kappa shape index (κ3) is 7.40. The van der Waals surface area contributed by atoms with Crippen molar-refractivity contribution in [2.45, 2.75) is 26.8 Å². The van der Waals surface area contributed by atoms with Gasteiger partial charge in [0, 0.05) is 57.2 Å². The maximum absolute atomic E-state index is 5.70. The number of aliphatic imine (C=N–C) groups is 1. The molecule has 0 amide bonds. The summed E-state index contributed by atoms with van der Waals surface area (Å²) in [6.07, 6.45) is 4.68. The lowest BCUT2D eigenvalue weighted by Gasteiger charge is -2.34. The van der Waals surface area contributed by atoms with Gasteiger partial charge in [-0.25, -0.2) is 15.0 Å². The molecule has 1 saturated heterocycles. The van der Waals surface area contributed by atoms with Crippen molar-refractivity contribution in [3.8, 4) is 5.75 Å². The first-order valence-corrected chi connectivity index (χ1v) is 11.3. The van der Waals surface area contributed by atoms with Gasteiger partial charge >= 0.3 is 0 Å². The minimum absolute atomic E-state index is 0.592. The van der Waals surface area contributed by atoms with Crippen LogP contribution in [0.1, 0.15) is 25.8 Å². The van der Waals surface area contributed by atoms with Crippen LogP contribution in [0.5, 0.6) is 5.75 Å². The maximum atomic E-state index is 5.70. The molecule has 8 heteroatoms. The second-order valence-corrected chi connectivity index (χ2v) is 7.39. The Hall–Kier alpha value is -2.87. The molecule has 0 radical (unpaired) electrons. The van der Waals surface area contributed by atoms with Crippen LogP contribution in [0.4, 0.5) is 5.95 Å². The largest absolute Gasteiger partial charge is 0.494 e. The number of para-hydroxylation sites is 1. The van der Waals surface area contributed by atoms with Gasteiger partial charge in [0.2, 0.25) is 5.95 Å². The van der Waals surface area contributed by atoms with Crippen molar-refractivity contribution in [1.82, 2.24) is 25.5 Å². The van der Waals surface area contributed by atoms with Crippen molar-refractivity contribution in [1.29, 1.82) is 0 Å². The third-order valence-corrected chi connectivity index (χ3v) is 5.18. The molecule has 2 heterocycles. The number of nitrogens with one attached hydrogen (secondary N) is 2. The van der Waals surface area contributed by atoms with Gasteiger partial charge in [-0.15, -0.1) is 0 Å². The van der Waals surface area contributed by atoms with Crippen LogP contribution in [-0.4, -0.2) is 73.2 Å². The molecule has 3 rings (SSSR count). The molecule has 1 aliphatic heterocycles. The molecule has 0 aliphatic carbocycles. The Bertz CT molecular complexity index is 792. The van der Waals surface area contributed by atoms with E-state index < -0.39 is 0 Å². The molecule has 31 heavy (non-hydrogen) atoms.